The van der Waals surface area contributed by atoms with Crippen LogP contribution in [0.25, 0.3) is 0 Å². The van der Waals surface area contributed by atoms with Crippen LogP contribution in [0.4, 0.5) is 4.79 Å². The summed E-state index contributed by atoms with van der Waals surface area (Å²) in [6, 6.07) is -0.000732. The van der Waals surface area contributed by atoms with E-state index in [2.05, 4.69) is 10.3 Å². The number of amides is 2. The Labute approximate surface area is 96.5 Å². The predicted molar refractivity (Wildman–Crippen MR) is 63.2 cm³/mol. The lowest BCUT2D eigenvalue weighted by atomic mass is 10.4. The summed E-state index contributed by atoms with van der Waals surface area (Å²) in [5.74, 6) is 0.986. The fourth-order valence-corrected chi connectivity index (χ4v) is 1.54. The highest BCUT2D eigenvalue weighted by Gasteiger charge is 2.08. The van der Waals surface area contributed by atoms with E-state index in [4.69, 9.17) is 0 Å². The highest BCUT2D eigenvalue weighted by atomic mass is 16.2. The number of nitrogens with one attached hydrogen (secondary N) is 1. The molecule has 5 nitrogen and oxygen atoms in total. The van der Waals surface area contributed by atoms with Gasteiger partial charge in [-0.2, -0.15) is 0 Å². The van der Waals surface area contributed by atoms with Gasteiger partial charge in [-0.05, 0) is 13.8 Å². The Morgan fingerprint density at radius 1 is 1.50 bits per heavy atom. The van der Waals surface area contributed by atoms with Crippen molar-refractivity contribution in [3.63, 3.8) is 0 Å². The molecule has 1 heterocycles. The molecular formula is C11H20N4O. The number of carbonyl (C=O) groups excluding carboxylic acids is 1. The van der Waals surface area contributed by atoms with Crippen molar-refractivity contribution >= 4 is 6.03 Å². The molecule has 0 aromatic carbocycles. The van der Waals surface area contributed by atoms with E-state index in [-0.39, 0.29) is 6.03 Å². The topological polar surface area (TPSA) is 50.2 Å². The van der Waals surface area contributed by atoms with E-state index < -0.39 is 0 Å². The second-order valence-electron chi connectivity index (χ2n) is 3.61. The van der Waals surface area contributed by atoms with Crippen molar-refractivity contribution in [1.82, 2.24) is 19.8 Å². The van der Waals surface area contributed by atoms with Gasteiger partial charge in [-0.25, -0.2) is 9.78 Å². The third-order valence-corrected chi connectivity index (χ3v) is 2.60. The Morgan fingerprint density at radius 2 is 2.19 bits per heavy atom. The molecule has 1 aromatic rings. The molecule has 0 aliphatic rings. The summed E-state index contributed by atoms with van der Waals surface area (Å²) in [6.07, 6.45) is 4.43. The Kier molecular flexibility index (Phi) is 4.82. The largest absolute Gasteiger partial charge is 0.338 e. The quantitative estimate of drug-likeness (QED) is 0.811. The number of hydrogen-bond acceptors (Lipinski definition) is 2. The van der Waals surface area contributed by atoms with Crippen molar-refractivity contribution in [3.8, 4) is 0 Å². The Morgan fingerprint density at radius 3 is 2.69 bits per heavy atom. The average molecular weight is 224 g/mol. The van der Waals surface area contributed by atoms with Gasteiger partial charge in [0.2, 0.25) is 0 Å². The van der Waals surface area contributed by atoms with Crippen LogP contribution in [0.5, 0.6) is 0 Å². The maximum atomic E-state index is 11.6. The molecule has 0 saturated heterocycles. The van der Waals surface area contributed by atoms with Gasteiger partial charge < -0.3 is 14.8 Å². The maximum Gasteiger partial charge on any atom is 0.317 e. The van der Waals surface area contributed by atoms with Gasteiger partial charge in [0.25, 0.3) is 0 Å². The predicted octanol–water partition coefficient (Wildman–Crippen LogP) is 1.01. The molecule has 1 rings (SSSR count). The molecule has 5 heteroatoms. The first kappa shape index (κ1) is 12.5. The van der Waals surface area contributed by atoms with E-state index in [1.54, 1.807) is 11.1 Å². The van der Waals surface area contributed by atoms with Crippen LogP contribution in [0.2, 0.25) is 0 Å². The lowest BCUT2D eigenvalue weighted by molar-refractivity contribution is 0.203. The zero-order valence-electron chi connectivity index (χ0n) is 10.2. The van der Waals surface area contributed by atoms with E-state index in [0.717, 1.165) is 25.3 Å². The van der Waals surface area contributed by atoms with Gasteiger partial charge in [0.1, 0.15) is 5.82 Å². The third kappa shape index (κ3) is 3.25. The fourth-order valence-electron chi connectivity index (χ4n) is 1.54. The zero-order valence-corrected chi connectivity index (χ0v) is 10.2. The van der Waals surface area contributed by atoms with Crippen molar-refractivity contribution in [1.29, 1.82) is 0 Å². The van der Waals surface area contributed by atoms with Crippen LogP contribution in [-0.4, -0.2) is 40.1 Å². The number of aromatic nitrogens is 2. The molecule has 0 bridgehead atoms. The number of carbonyl (C=O) groups is 1. The highest BCUT2D eigenvalue weighted by molar-refractivity contribution is 5.74. The van der Waals surface area contributed by atoms with Crippen molar-refractivity contribution in [3.05, 3.63) is 18.2 Å². The summed E-state index contributed by atoms with van der Waals surface area (Å²) in [6.45, 7) is 6.05. The molecule has 0 aliphatic heterocycles. The molecule has 0 unspecified atom stereocenters. The zero-order chi connectivity index (χ0) is 12.0. The summed E-state index contributed by atoms with van der Waals surface area (Å²) in [4.78, 5) is 17.6. The van der Waals surface area contributed by atoms with Crippen LogP contribution in [0, 0.1) is 0 Å². The summed E-state index contributed by atoms with van der Waals surface area (Å²) >= 11 is 0. The third-order valence-electron chi connectivity index (χ3n) is 2.60. The standard InChI is InChI=1S/C11H20N4O/c1-4-15(5-2)11(16)13-7-6-10-12-8-9-14(10)3/h8-9H,4-7H2,1-3H3,(H,13,16). The highest BCUT2D eigenvalue weighted by Crippen LogP contribution is 1.94. The van der Waals surface area contributed by atoms with Crippen LogP contribution < -0.4 is 5.32 Å². The molecule has 0 aliphatic carbocycles. The molecule has 0 atom stereocenters. The minimum atomic E-state index is -0.000732. The normalized spacial score (nSPS) is 10.2. The van der Waals surface area contributed by atoms with E-state index in [0.29, 0.717) is 6.54 Å². The number of rotatable bonds is 5. The van der Waals surface area contributed by atoms with Gasteiger partial charge in [0.05, 0.1) is 0 Å². The van der Waals surface area contributed by atoms with Crippen molar-refractivity contribution in [2.45, 2.75) is 20.3 Å². The Hall–Kier alpha value is -1.52. The number of urea groups is 1. The molecule has 1 aromatic heterocycles. The van der Waals surface area contributed by atoms with Crippen LogP contribution in [0.15, 0.2) is 12.4 Å². The van der Waals surface area contributed by atoms with Gasteiger partial charge in [0, 0.05) is 45.5 Å². The second-order valence-corrected chi connectivity index (χ2v) is 3.61. The van der Waals surface area contributed by atoms with Gasteiger partial charge in [-0.15, -0.1) is 0 Å². The number of aryl methyl sites for hydroxylation is 1. The first-order chi connectivity index (χ1) is 7.69. The summed E-state index contributed by atoms with van der Waals surface area (Å²) in [5.41, 5.74) is 0. The van der Waals surface area contributed by atoms with Crippen LogP contribution >= 0.6 is 0 Å². The summed E-state index contributed by atoms with van der Waals surface area (Å²) in [5, 5.41) is 2.88. The molecule has 0 radical (unpaired) electrons. The molecule has 2 amide bonds. The Bertz CT molecular complexity index is 330. The van der Waals surface area contributed by atoms with Gasteiger partial charge in [-0.1, -0.05) is 0 Å². The van der Waals surface area contributed by atoms with Crippen molar-refractivity contribution < 1.29 is 4.79 Å². The van der Waals surface area contributed by atoms with E-state index in [1.165, 1.54) is 0 Å². The monoisotopic (exact) mass is 224 g/mol. The fraction of sp³-hybridized carbons (Fsp3) is 0.636. The number of imidazole rings is 1. The second kappa shape index (κ2) is 6.15. The smallest absolute Gasteiger partial charge is 0.317 e. The van der Waals surface area contributed by atoms with Gasteiger partial charge >= 0.3 is 6.03 Å². The molecule has 0 spiro atoms. The average Bonchev–Trinajstić information content (AvgIpc) is 2.66. The van der Waals surface area contributed by atoms with Crippen LogP contribution in [0.3, 0.4) is 0 Å². The van der Waals surface area contributed by atoms with Crippen molar-refractivity contribution in [2.75, 3.05) is 19.6 Å². The molecule has 0 saturated carbocycles. The van der Waals surface area contributed by atoms with Crippen LogP contribution in [-0.2, 0) is 13.5 Å². The molecule has 90 valence electrons. The van der Waals surface area contributed by atoms with E-state index in [1.807, 2.05) is 31.7 Å². The van der Waals surface area contributed by atoms with Gasteiger partial charge in [0.15, 0.2) is 0 Å². The van der Waals surface area contributed by atoms with Crippen LogP contribution in [0.1, 0.15) is 19.7 Å². The van der Waals surface area contributed by atoms with Crippen molar-refractivity contribution in [2.24, 2.45) is 7.05 Å². The summed E-state index contributed by atoms with van der Waals surface area (Å²) < 4.78 is 1.96. The van der Waals surface area contributed by atoms with Gasteiger partial charge in [-0.3, -0.25) is 0 Å². The number of nitrogens with zero attached hydrogens (tertiary/aromatic N) is 3. The lowest BCUT2D eigenvalue weighted by Crippen LogP contribution is -2.40. The molecular weight excluding hydrogens is 204 g/mol. The Balaban J connectivity index is 2.30. The lowest BCUT2D eigenvalue weighted by Gasteiger charge is -2.19. The molecule has 0 fully saturated rings. The minimum absolute atomic E-state index is 0.000732. The molecule has 1 N–H and O–H groups in total. The number of hydrogen-bond donors (Lipinski definition) is 1. The van der Waals surface area contributed by atoms with E-state index in [9.17, 15) is 4.79 Å². The minimum Gasteiger partial charge on any atom is -0.338 e. The molecule has 16 heavy (non-hydrogen) atoms. The summed E-state index contributed by atoms with van der Waals surface area (Å²) in [7, 11) is 1.95. The maximum absolute atomic E-state index is 11.6. The first-order valence-electron chi connectivity index (χ1n) is 5.68. The SMILES string of the molecule is CCN(CC)C(=O)NCCc1nccn1C. The van der Waals surface area contributed by atoms with E-state index >= 15 is 0 Å². The first-order valence-corrected chi connectivity index (χ1v) is 5.68.